The molecule has 0 radical (unpaired) electrons. The highest BCUT2D eigenvalue weighted by atomic mass is 14.9. The molecule has 0 bridgehead atoms. The van der Waals surface area contributed by atoms with Crippen molar-refractivity contribution in [2.45, 2.75) is 61.8 Å². The zero-order valence-electron chi connectivity index (χ0n) is 23.4. The second kappa shape index (κ2) is 16.3. The molecule has 0 spiro atoms. The summed E-state index contributed by atoms with van der Waals surface area (Å²) in [6.45, 7) is 16.0. The predicted molar refractivity (Wildman–Crippen MR) is 161 cm³/mol. The third-order valence-electron chi connectivity index (χ3n) is 5.53. The number of hydrogen-bond acceptors (Lipinski definition) is 0. The summed E-state index contributed by atoms with van der Waals surface area (Å²) in [6, 6.07) is 34.3. The normalized spacial score (nSPS) is 9.74. The molecule has 0 unspecified atom stereocenters. The van der Waals surface area contributed by atoms with Gasteiger partial charge in [-0.25, -0.2) is 0 Å². The van der Waals surface area contributed by atoms with Gasteiger partial charge in [-0.05, 0) is 40.8 Å². The number of rotatable bonds is 0. The molecule has 186 valence electrons. The molecule has 0 saturated heterocycles. The highest BCUT2D eigenvalue weighted by molar-refractivity contribution is 6.07. The fourth-order valence-electron chi connectivity index (χ4n) is 4.20. The van der Waals surface area contributed by atoms with Crippen molar-refractivity contribution >= 4 is 21.8 Å². The molecule has 1 nitrogen and oxygen atoms in total. The SMILES string of the molecule is CC.CC.CC.CC.Cn1c2ccccc2c2ccccc21.c1ccc2c(c1)Cc1ccccc1-2. The molecular weight excluding hydrogens is 422 g/mol. The van der Waals surface area contributed by atoms with E-state index < -0.39 is 0 Å². The zero-order chi connectivity index (χ0) is 26.2. The predicted octanol–water partition coefficient (Wildman–Crippen LogP) is 10.7. The quantitative estimate of drug-likeness (QED) is 0.209. The van der Waals surface area contributed by atoms with Crippen LogP contribution in [-0.4, -0.2) is 4.57 Å². The summed E-state index contributed by atoms with van der Waals surface area (Å²) in [6.07, 6.45) is 1.10. The van der Waals surface area contributed by atoms with Crippen LogP contribution in [0.1, 0.15) is 66.5 Å². The second-order valence-corrected chi connectivity index (χ2v) is 7.08. The first kappa shape index (κ1) is 29.7. The Hall–Kier alpha value is -3.32. The van der Waals surface area contributed by atoms with E-state index in [4.69, 9.17) is 0 Å². The molecule has 1 heterocycles. The Morgan fingerprint density at radius 1 is 0.429 bits per heavy atom. The van der Waals surface area contributed by atoms with Crippen LogP contribution >= 0.6 is 0 Å². The Labute approximate surface area is 214 Å². The van der Waals surface area contributed by atoms with Crippen LogP contribution in [-0.2, 0) is 13.5 Å². The minimum atomic E-state index is 1.10. The molecule has 1 aromatic heterocycles. The van der Waals surface area contributed by atoms with E-state index in [-0.39, 0.29) is 0 Å². The Kier molecular flexibility index (Phi) is 13.9. The first-order valence-corrected chi connectivity index (χ1v) is 13.4. The van der Waals surface area contributed by atoms with E-state index in [1.807, 2.05) is 55.4 Å². The van der Waals surface area contributed by atoms with E-state index in [1.54, 1.807) is 0 Å². The largest absolute Gasteiger partial charge is 0.344 e. The molecule has 0 N–H and O–H groups in total. The molecule has 1 aliphatic rings. The molecule has 6 rings (SSSR count). The van der Waals surface area contributed by atoms with Crippen LogP contribution < -0.4 is 0 Å². The van der Waals surface area contributed by atoms with Crippen molar-refractivity contribution in [1.82, 2.24) is 4.57 Å². The van der Waals surface area contributed by atoms with Crippen molar-refractivity contribution in [3.05, 3.63) is 108 Å². The van der Waals surface area contributed by atoms with E-state index in [1.165, 1.54) is 44.1 Å². The van der Waals surface area contributed by atoms with Gasteiger partial charge in [0.1, 0.15) is 0 Å². The fraction of sp³-hybridized carbons (Fsp3) is 0.294. The van der Waals surface area contributed by atoms with Crippen LogP contribution in [0.25, 0.3) is 32.9 Å². The van der Waals surface area contributed by atoms with Crippen LogP contribution in [0, 0.1) is 0 Å². The maximum atomic E-state index is 2.24. The van der Waals surface area contributed by atoms with Gasteiger partial charge in [-0.1, -0.05) is 140 Å². The van der Waals surface area contributed by atoms with Crippen molar-refractivity contribution in [2.75, 3.05) is 0 Å². The topological polar surface area (TPSA) is 4.93 Å². The van der Waals surface area contributed by atoms with E-state index in [0.29, 0.717) is 0 Å². The summed E-state index contributed by atoms with van der Waals surface area (Å²) >= 11 is 0. The van der Waals surface area contributed by atoms with Gasteiger partial charge in [-0.15, -0.1) is 0 Å². The molecule has 4 aromatic carbocycles. The maximum Gasteiger partial charge on any atom is 0.0488 e. The lowest BCUT2D eigenvalue weighted by Gasteiger charge is -1.98. The standard InChI is InChI=1S/C13H11N.C13H10.4C2H6/c1-14-12-8-4-2-6-10(12)11-7-3-5-9-13(11)14;1-3-7-12-10(5-1)9-11-6-2-4-8-13(11)12;4*1-2/h2-9H,1H3;1-8H,9H2;4*1-2H3. The van der Waals surface area contributed by atoms with Crippen LogP contribution in [0.5, 0.6) is 0 Å². The minimum Gasteiger partial charge on any atom is -0.344 e. The first-order valence-electron chi connectivity index (χ1n) is 13.4. The molecule has 0 saturated carbocycles. The summed E-state index contributed by atoms with van der Waals surface area (Å²) in [5.74, 6) is 0. The van der Waals surface area contributed by atoms with Crippen LogP contribution in [0.3, 0.4) is 0 Å². The summed E-state index contributed by atoms with van der Waals surface area (Å²) in [4.78, 5) is 0. The number of aryl methyl sites for hydroxylation is 1. The Balaban J connectivity index is 0.000000274. The number of aromatic nitrogens is 1. The van der Waals surface area contributed by atoms with Gasteiger partial charge in [-0.2, -0.15) is 0 Å². The Morgan fingerprint density at radius 2 is 0.743 bits per heavy atom. The smallest absolute Gasteiger partial charge is 0.0488 e. The first-order chi connectivity index (χ1) is 17.3. The fourth-order valence-corrected chi connectivity index (χ4v) is 4.20. The molecule has 35 heavy (non-hydrogen) atoms. The van der Waals surface area contributed by atoms with Crippen LogP contribution in [0.2, 0.25) is 0 Å². The Bertz CT molecular complexity index is 1160. The number of para-hydroxylation sites is 2. The molecular formula is C34H45N. The number of benzene rings is 4. The van der Waals surface area contributed by atoms with Gasteiger partial charge in [-0.3, -0.25) is 0 Å². The van der Waals surface area contributed by atoms with Crippen molar-refractivity contribution in [3.63, 3.8) is 0 Å². The lowest BCUT2D eigenvalue weighted by molar-refractivity contribution is 1.01. The van der Waals surface area contributed by atoms with Crippen molar-refractivity contribution < 1.29 is 0 Å². The van der Waals surface area contributed by atoms with Gasteiger partial charge in [0.15, 0.2) is 0 Å². The van der Waals surface area contributed by atoms with Gasteiger partial charge in [0, 0.05) is 28.9 Å². The third kappa shape index (κ3) is 6.85. The molecule has 0 amide bonds. The minimum absolute atomic E-state index is 1.10. The average Bonchev–Trinajstić information content (AvgIpc) is 3.49. The lowest BCUT2D eigenvalue weighted by atomic mass is 10.1. The highest BCUT2D eigenvalue weighted by Crippen LogP contribution is 2.35. The van der Waals surface area contributed by atoms with E-state index in [2.05, 4.69) is 109 Å². The maximum absolute atomic E-state index is 2.24. The van der Waals surface area contributed by atoms with Gasteiger partial charge >= 0.3 is 0 Å². The average molecular weight is 468 g/mol. The molecule has 0 aliphatic heterocycles. The van der Waals surface area contributed by atoms with Gasteiger partial charge in [0.2, 0.25) is 0 Å². The molecule has 5 aromatic rings. The van der Waals surface area contributed by atoms with Crippen LogP contribution in [0.15, 0.2) is 97.1 Å². The zero-order valence-corrected chi connectivity index (χ0v) is 23.4. The number of nitrogens with zero attached hydrogens (tertiary/aromatic N) is 1. The van der Waals surface area contributed by atoms with E-state index in [0.717, 1.165) is 6.42 Å². The van der Waals surface area contributed by atoms with Crippen molar-refractivity contribution in [1.29, 1.82) is 0 Å². The number of hydrogen-bond donors (Lipinski definition) is 0. The van der Waals surface area contributed by atoms with Gasteiger partial charge < -0.3 is 4.57 Å². The molecule has 1 heteroatoms. The van der Waals surface area contributed by atoms with Crippen LogP contribution in [0.4, 0.5) is 0 Å². The molecule has 1 aliphatic carbocycles. The summed E-state index contributed by atoms with van der Waals surface area (Å²) in [7, 11) is 2.12. The third-order valence-corrected chi connectivity index (χ3v) is 5.53. The number of fused-ring (bicyclic) bond motifs is 6. The second-order valence-electron chi connectivity index (χ2n) is 7.08. The van der Waals surface area contributed by atoms with Gasteiger partial charge in [0.05, 0.1) is 0 Å². The Morgan fingerprint density at radius 3 is 1.14 bits per heavy atom. The monoisotopic (exact) mass is 467 g/mol. The summed E-state index contributed by atoms with van der Waals surface area (Å²) in [5.41, 5.74) is 8.35. The van der Waals surface area contributed by atoms with Gasteiger partial charge in [0.25, 0.3) is 0 Å². The van der Waals surface area contributed by atoms with E-state index in [9.17, 15) is 0 Å². The van der Waals surface area contributed by atoms with Crippen molar-refractivity contribution in [3.8, 4) is 11.1 Å². The summed E-state index contributed by atoms with van der Waals surface area (Å²) < 4.78 is 2.24. The summed E-state index contributed by atoms with van der Waals surface area (Å²) in [5, 5.41) is 2.68. The van der Waals surface area contributed by atoms with Crippen molar-refractivity contribution in [2.24, 2.45) is 7.05 Å². The van der Waals surface area contributed by atoms with E-state index >= 15 is 0 Å². The highest BCUT2D eigenvalue weighted by Gasteiger charge is 2.15. The molecule has 0 fully saturated rings. The molecule has 0 atom stereocenters. The lowest BCUT2D eigenvalue weighted by Crippen LogP contribution is -1.84.